The van der Waals surface area contributed by atoms with Gasteiger partial charge in [0.15, 0.2) is 0 Å². The molecule has 31 heavy (non-hydrogen) atoms. The first-order chi connectivity index (χ1) is 14.9. The van der Waals surface area contributed by atoms with E-state index in [9.17, 15) is 9.59 Å². The van der Waals surface area contributed by atoms with Crippen LogP contribution < -0.4 is 10.1 Å². The van der Waals surface area contributed by atoms with Crippen molar-refractivity contribution in [1.82, 2.24) is 5.32 Å². The van der Waals surface area contributed by atoms with E-state index in [2.05, 4.69) is 43.4 Å². The normalized spacial score (nSPS) is 14.1. The molecule has 0 bridgehead atoms. The summed E-state index contributed by atoms with van der Waals surface area (Å²) in [4.78, 5) is 23.6. The van der Waals surface area contributed by atoms with Gasteiger partial charge in [-0.15, -0.1) is 0 Å². The summed E-state index contributed by atoms with van der Waals surface area (Å²) in [6, 6.07) is 15.8. The fourth-order valence-corrected chi connectivity index (χ4v) is 3.90. The molecule has 2 rings (SSSR count). The van der Waals surface area contributed by atoms with Gasteiger partial charge in [-0.3, -0.25) is 4.79 Å². The molecule has 0 aromatic heterocycles. The van der Waals surface area contributed by atoms with E-state index in [1.165, 1.54) is 5.56 Å². The van der Waals surface area contributed by atoms with Crippen LogP contribution in [0.2, 0.25) is 0 Å². The van der Waals surface area contributed by atoms with Gasteiger partial charge in [-0.25, -0.2) is 0 Å². The molecule has 2 aromatic carbocycles. The molecule has 0 spiro atoms. The van der Waals surface area contributed by atoms with Crippen molar-refractivity contribution in [1.29, 1.82) is 0 Å². The smallest absolute Gasteiger partial charge is 0.244 e. The SMILES string of the molecule is COc1ccc(C[C@H](C=O)NC(=O)/C=C/CCC(C)CC(C)c2ccccc2)cc1C. The third-order valence-corrected chi connectivity index (χ3v) is 5.63. The number of hydrogen-bond donors (Lipinski definition) is 1. The van der Waals surface area contributed by atoms with Crippen LogP contribution in [0.1, 0.15) is 55.7 Å². The summed E-state index contributed by atoms with van der Waals surface area (Å²) in [6.07, 6.45) is 7.70. The molecule has 0 saturated carbocycles. The number of ether oxygens (including phenoxy) is 1. The molecule has 4 nitrogen and oxygen atoms in total. The van der Waals surface area contributed by atoms with Gasteiger partial charge in [0, 0.05) is 0 Å². The van der Waals surface area contributed by atoms with E-state index in [-0.39, 0.29) is 5.91 Å². The quantitative estimate of drug-likeness (QED) is 0.369. The minimum Gasteiger partial charge on any atom is -0.496 e. The predicted octanol–water partition coefficient (Wildman–Crippen LogP) is 5.40. The van der Waals surface area contributed by atoms with Crippen LogP contribution in [0.15, 0.2) is 60.7 Å². The lowest BCUT2D eigenvalue weighted by molar-refractivity contribution is -0.120. The largest absolute Gasteiger partial charge is 0.496 e. The first-order valence-corrected chi connectivity index (χ1v) is 11.0. The summed E-state index contributed by atoms with van der Waals surface area (Å²) in [5.74, 6) is 1.68. The van der Waals surface area contributed by atoms with Crippen molar-refractivity contribution in [2.75, 3.05) is 7.11 Å². The average Bonchev–Trinajstić information content (AvgIpc) is 2.77. The van der Waals surface area contributed by atoms with Crippen molar-refractivity contribution in [2.45, 2.75) is 58.4 Å². The van der Waals surface area contributed by atoms with Crippen LogP contribution in [0, 0.1) is 12.8 Å². The summed E-state index contributed by atoms with van der Waals surface area (Å²) in [7, 11) is 1.63. The summed E-state index contributed by atoms with van der Waals surface area (Å²) >= 11 is 0. The topological polar surface area (TPSA) is 55.4 Å². The molecular formula is C27H35NO3. The molecular weight excluding hydrogens is 386 g/mol. The van der Waals surface area contributed by atoms with Crippen LogP contribution >= 0.6 is 0 Å². The number of rotatable bonds is 12. The number of carbonyl (C=O) groups excluding carboxylic acids is 2. The second-order valence-electron chi connectivity index (χ2n) is 8.39. The van der Waals surface area contributed by atoms with Gasteiger partial charge >= 0.3 is 0 Å². The van der Waals surface area contributed by atoms with E-state index in [4.69, 9.17) is 4.74 Å². The number of aryl methyl sites for hydroxylation is 1. The third kappa shape index (κ3) is 8.41. The molecule has 2 unspecified atom stereocenters. The first kappa shape index (κ1) is 24.4. The Kier molecular flexibility index (Phi) is 10.0. The van der Waals surface area contributed by atoms with Crippen molar-refractivity contribution >= 4 is 12.2 Å². The van der Waals surface area contributed by atoms with Gasteiger partial charge in [0.05, 0.1) is 13.2 Å². The van der Waals surface area contributed by atoms with E-state index in [0.717, 1.165) is 42.4 Å². The number of methoxy groups -OCH3 is 1. The zero-order valence-electron chi connectivity index (χ0n) is 19.1. The molecule has 166 valence electrons. The summed E-state index contributed by atoms with van der Waals surface area (Å²) in [5, 5.41) is 2.78. The van der Waals surface area contributed by atoms with Crippen LogP contribution in [0.3, 0.4) is 0 Å². The molecule has 0 fully saturated rings. The van der Waals surface area contributed by atoms with Crippen LogP contribution in [-0.2, 0) is 16.0 Å². The fraction of sp³-hybridized carbons (Fsp3) is 0.407. The third-order valence-electron chi connectivity index (χ3n) is 5.63. The van der Waals surface area contributed by atoms with E-state index >= 15 is 0 Å². The van der Waals surface area contributed by atoms with Gasteiger partial charge in [0.25, 0.3) is 0 Å². The monoisotopic (exact) mass is 421 g/mol. The van der Waals surface area contributed by atoms with E-state index in [1.807, 2.05) is 37.3 Å². The Morgan fingerprint density at radius 3 is 2.52 bits per heavy atom. The Morgan fingerprint density at radius 2 is 1.87 bits per heavy atom. The standard InChI is InChI=1S/C27H35NO3/c1-20(16-21(2)24-11-6-5-7-12-24)10-8-9-13-27(30)28-25(19-29)18-23-14-15-26(31-4)22(3)17-23/h5-7,9,11-15,17,19-21,25H,8,10,16,18H2,1-4H3,(H,28,30)/b13-9+/t20?,21?,25-/m1/s1. The van der Waals surface area contributed by atoms with Crippen molar-refractivity contribution in [3.8, 4) is 5.75 Å². The summed E-state index contributed by atoms with van der Waals surface area (Å²) in [6.45, 7) is 6.48. The lowest BCUT2D eigenvalue weighted by Crippen LogP contribution is -2.36. The minimum atomic E-state index is -0.546. The lowest BCUT2D eigenvalue weighted by Gasteiger charge is -2.17. The highest BCUT2D eigenvalue weighted by Gasteiger charge is 2.12. The highest BCUT2D eigenvalue weighted by atomic mass is 16.5. The Morgan fingerprint density at radius 1 is 1.13 bits per heavy atom. The lowest BCUT2D eigenvalue weighted by atomic mass is 9.89. The number of allylic oxidation sites excluding steroid dienone is 1. The number of aldehydes is 1. The summed E-state index contributed by atoms with van der Waals surface area (Å²) < 4.78 is 5.26. The Bertz CT molecular complexity index is 860. The first-order valence-electron chi connectivity index (χ1n) is 11.0. The van der Waals surface area contributed by atoms with Gasteiger partial charge in [-0.05, 0) is 73.3 Å². The second kappa shape index (κ2) is 12.7. The molecule has 0 aliphatic carbocycles. The van der Waals surface area contributed by atoms with Crippen molar-refractivity contribution in [3.05, 3.63) is 77.4 Å². The van der Waals surface area contributed by atoms with Gasteiger partial charge < -0.3 is 14.8 Å². The highest BCUT2D eigenvalue weighted by molar-refractivity contribution is 5.89. The molecule has 0 radical (unpaired) electrons. The predicted molar refractivity (Wildman–Crippen MR) is 126 cm³/mol. The van der Waals surface area contributed by atoms with Gasteiger partial charge in [-0.2, -0.15) is 0 Å². The van der Waals surface area contributed by atoms with Crippen molar-refractivity contribution in [2.24, 2.45) is 5.92 Å². The number of amides is 1. The van der Waals surface area contributed by atoms with Crippen molar-refractivity contribution in [3.63, 3.8) is 0 Å². The molecule has 4 heteroatoms. The zero-order chi connectivity index (χ0) is 22.6. The average molecular weight is 422 g/mol. The minimum absolute atomic E-state index is 0.229. The van der Waals surface area contributed by atoms with Crippen LogP contribution in [0.5, 0.6) is 5.75 Å². The van der Waals surface area contributed by atoms with Gasteiger partial charge in [-0.1, -0.05) is 62.4 Å². The molecule has 0 heterocycles. The van der Waals surface area contributed by atoms with E-state index in [1.54, 1.807) is 13.2 Å². The molecule has 3 atom stereocenters. The van der Waals surface area contributed by atoms with Crippen LogP contribution in [0.25, 0.3) is 0 Å². The number of carbonyl (C=O) groups is 2. The number of nitrogens with one attached hydrogen (secondary N) is 1. The van der Waals surface area contributed by atoms with E-state index < -0.39 is 6.04 Å². The Labute approximate surface area is 186 Å². The fourth-order valence-electron chi connectivity index (χ4n) is 3.90. The maximum atomic E-state index is 12.2. The van der Waals surface area contributed by atoms with Crippen LogP contribution in [-0.4, -0.2) is 25.3 Å². The molecule has 1 N–H and O–H groups in total. The zero-order valence-corrected chi connectivity index (χ0v) is 19.1. The van der Waals surface area contributed by atoms with E-state index in [0.29, 0.717) is 18.3 Å². The molecule has 0 saturated heterocycles. The molecule has 2 aromatic rings. The van der Waals surface area contributed by atoms with Crippen LogP contribution in [0.4, 0.5) is 0 Å². The maximum absolute atomic E-state index is 12.2. The molecule has 1 amide bonds. The molecule has 0 aliphatic heterocycles. The van der Waals surface area contributed by atoms with Crippen molar-refractivity contribution < 1.29 is 14.3 Å². The highest BCUT2D eigenvalue weighted by Crippen LogP contribution is 2.25. The second-order valence-corrected chi connectivity index (χ2v) is 8.39. The number of hydrogen-bond acceptors (Lipinski definition) is 3. The molecule has 0 aliphatic rings. The van der Waals surface area contributed by atoms with Gasteiger partial charge in [0.2, 0.25) is 5.91 Å². The number of benzene rings is 2. The summed E-state index contributed by atoms with van der Waals surface area (Å²) in [5.41, 5.74) is 3.36. The Balaban J connectivity index is 1.74. The Hall–Kier alpha value is -2.88. The maximum Gasteiger partial charge on any atom is 0.244 e. The van der Waals surface area contributed by atoms with Gasteiger partial charge in [0.1, 0.15) is 12.0 Å².